The maximum absolute atomic E-state index is 14.4. The fraction of sp³-hybridized carbons (Fsp3) is 0.440. The molecule has 2 aliphatic heterocycles. The summed E-state index contributed by atoms with van der Waals surface area (Å²) in [6, 6.07) is 11.4. The highest BCUT2D eigenvalue weighted by atomic mass is 19.1. The summed E-state index contributed by atoms with van der Waals surface area (Å²) in [6.45, 7) is 3.43. The normalized spacial score (nSPS) is 21.2. The molecule has 0 saturated carbocycles. The lowest BCUT2D eigenvalue weighted by Crippen LogP contribution is -2.50. The van der Waals surface area contributed by atoms with Gasteiger partial charge in [-0.15, -0.1) is 0 Å². The van der Waals surface area contributed by atoms with Crippen LogP contribution in [0.25, 0.3) is 0 Å². The number of hydrogen-bond donors (Lipinski definition) is 0. The fourth-order valence-corrected chi connectivity index (χ4v) is 4.73. The van der Waals surface area contributed by atoms with Gasteiger partial charge in [0.1, 0.15) is 17.3 Å². The molecule has 4 rings (SSSR count). The number of hydrogen-bond acceptors (Lipinski definition) is 5. The second-order valence-corrected chi connectivity index (χ2v) is 8.64. The van der Waals surface area contributed by atoms with Crippen LogP contribution in [-0.4, -0.2) is 87.0 Å². The smallest absolute Gasteiger partial charge is 0.256 e. The van der Waals surface area contributed by atoms with E-state index in [-0.39, 0.29) is 23.9 Å². The van der Waals surface area contributed by atoms with Gasteiger partial charge in [-0.3, -0.25) is 9.59 Å². The molecule has 8 heteroatoms. The van der Waals surface area contributed by atoms with Gasteiger partial charge in [-0.1, -0.05) is 12.1 Å². The minimum Gasteiger partial charge on any atom is -0.497 e. The van der Waals surface area contributed by atoms with Gasteiger partial charge in [-0.05, 0) is 37.4 Å². The number of nitrogens with zero attached hydrogens (tertiary/aromatic N) is 3. The Labute approximate surface area is 193 Å². The molecule has 2 aromatic rings. The number of benzene rings is 2. The third-order valence-corrected chi connectivity index (χ3v) is 6.68. The first-order valence-corrected chi connectivity index (χ1v) is 11.2. The van der Waals surface area contributed by atoms with Crippen LogP contribution in [0.2, 0.25) is 0 Å². The fourth-order valence-electron chi connectivity index (χ4n) is 4.73. The van der Waals surface area contributed by atoms with Crippen molar-refractivity contribution in [3.63, 3.8) is 0 Å². The maximum atomic E-state index is 14.4. The molecule has 0 aromatic heterocycles. The van der Waals surface area contributed by atoms with Crippen LogP contribution in [0, 0.1) is 11.7 Å². The standard InChI is InChI=1S/C25H30FN3O4/c1-27-10-12-28(13-11-27)25(31)21-16-29(24(30)18-6-4-5-7-22(18)26)15-20(21)19-14-17(32-2)8-9-23(19)33-3/h4-9,14,20-21H,10-13,15-16H2,1-3H3/t20-,21-/m0/s1. The Morgan fingerprint density at radius 1 is 0.939 bits per heavy atom. The molecule has 2 amide bonds. The predicted octanol–water partition coefficient (Wildman–Crippen LogP) is 2.47. The van der Waals surface area contributed by atoms with Crippen LogP contribution in [0.4, 0.5) is 4.39 Å². The summed E-state index contributed by atoms with van der Waals surface area (Å²) in [5, 5.41) is 0. The highest BCUT2D eigenvalue weighted by Gasteiger charge is 2.44. The quantitative estimate of drug-likeness (QED) is 0.693. The molecule has 2 fully saturated rings. The third kappa shape index (κ3) is 4.66. The van der Waals surface area contributed by atoms with E-state index in [9.17, 15) is 14.0 Å². The van der Waals surface area contributed by atoms with Crippen molar-refractivity contribution in [3.8, 4) is 11.5 Å². The molecule has 7 nitrogen and oxygen atoms in total. The number of amides is 2. The van der Waals surface area contributed by atoms with Crippen LogP contribution in [0.5, 0.6) is 11.5 Å². The van der Waals surface area contributed by atoms with Gasteiger partial charge in [0, 0.05) is 50.7 Å². The van der Waals surface area contributed by atoms with E-state index in [0.717, 1.165) is 18.7 Å². The van der Waals surface area contributed by atoms with Gasteiger partial charge in [-0.2, -0.15) is 0 Å². The molecule has 2 aromatic carbocycles. The summed E-state index contributed by atoms with van der Waals surface area (Å²) in [5.41, 5.74) is 0.828. The van der Waals surface area contributed by atoms with Crippen molar-refractivity contribution in [2.75, 3.05) is 60.5 Å². The molecule has 33 heavy (non-hydrogen) atoms. The van der Waals surface area contributed by atoms with Crippen molar-refractivity contribution in [1.82, 2.24) is 14.7 Å². The van der Waals surface area contributed by atoms with Crippen molar-refractivity contribution < 1.29 is 23.5 Å². The van der Waals surface area contributed by atoms with E-state index < -0.39 is 17.6 Å². The summed E-state index contributed by atoms with van der Waals surface area (Å²) < 4.78 is 25.4. The van der Waals surface area contributed by atoms with Gasteiger partial charge in [0.25, 0.3) is 5.91 Å². The monoisotopic (exact) mass is 455 g/mol. The SMILES string of the molecule is COc1ccc(OC)c([C@@H]2CN(C(=O)c3ccccc3F)C[C@@H]2C(=O)N2CCN(C)CC2)c1. The first-order chi connectivity index (χ1) is 15.9. The predicted molar refractivity (Wildman–Crippen MR) is 122 cm³/mol. The van der Waals surface area contributed by atoms with Crippen molar-refractivity contribution >= 4 is 11.8 Å². The van der Waals surface area contributed by atoms with E-state index in [0.29, 0.717) is 31.1 Å². The van der Waals surface area contributed by atoms with Crippen LogP contribution in [-0.2, 0) is 4.79 Å². The van der Waals surface area contributed by atoms with Crippen LogP contribution < -0.4 is 9.47 Å². The molecule has 2 saturated heterocycles. The summed E-state index contributed by atoms with van der Waals surface area (Å²) in [7, 11) is 5.21. The molecular weight excluding hydrogens is 425 g/mol. The molecule has 2 atom stereocenters. The van der Waals surface area contributed by atoms with E-state index >= 15 is 0 Å². The third-order valence-electron chi connectivity index (χ3n) is 6.68. The van der Waals surface area contributed by atoms with E-state index in [4.69, 9.17) is 9.47 Å². The molecule has 0 bridgehead atoms. The van der Waals surface area contributed by atoms with Crippen molar-refractivity contribution in [3.05, 3.63) is 59.4 Å². The number of ether oxygens (including phenoxy) is 2. The van der Waals surface area contributed by atoms with Gasteiger partial charge in [0.05, 0.1) is 25.7 Å². The average Bonchev–Trinajstić information content (AvgIpc) is 3.29. The Hall–Kier alpha value is -3.13. The van der Waals surface area contributed by atoms with Crippen LogP contribution in [0.15, 0.2) is 42.5 Å². The van der Waals surface area contributed by atoms with Gasteiger partial charge >= 0.3 is 0 Å². The Balaban J connectivity index is 1.68. The number of likely N-dealkylation sites (N-methyl/N-ethyl adjacent to an activating group) is 1. The Bertz CT molecular complexity index is 1020. The Kier molecular flexibility index (Phi) is 6.83. The number of carbonyl (C=O) groups is 2. The average molecular weight is 456 g/mol. The maximum Gasteiger partial charge on any atom is 0.256 e. The summed E-state index contributed by atoms with van der Waals surface area (Å²) in [6.07, 6.45) is 0. The molecular formula is C25H30FN3O4. The Morgan fingerprint density at radius 3 is 2.33 bits per heavy atom. The first kappa shape index (κ1) is 23.0. The van der Waals surface area contributed by atoms with E-state index in [2.05, 4.69) is 4.90 Å². The van der Waals surface area contributed by atoms with Gasteiger partial charge in [0.2, 0.25) is 5.91 Å². The summed E-state index contributed by atoms with van der Waals surface area (Å²) in [4.78, 5) is 32.5. The summed E-state index contributed by atoms with van der Waals surface area (Å²) in [5.74, 6) is -0.419. The lowest BCUT2D eigenvalue weighted by atomic mass is 9.87. The molecule has 2 heterocycles. The zero-order chi connectivity index (χ0) is 23.5. The zero-order valence-corrected chi connectivity index (χ0v) is 19.3. The van der Waals surface area contributed by atoms with Crippen LogP contribution in [0.1, 0.15) is 21.8 Å². The molecule has 0 unspecified atom stereocenters. The molecule has 0 N–H and O–H groups in total. The van der Waals surface area contributed by atoms with Gasteiger partial charge < -0.3 is 24.2 Å². The van der Waals surface area contributed by atoms with Crippen molar-refractivity contribution in [2.24, 2.45) is 5.92 Å². The largest absolute Gasteiger partial charge is 0.497 e. The van der Waals surface area contributed by atoms with Crippen molar-refractivity contribution in [1.29, 1.82) is 0 Å². The topological polar surface area (TPSA) is 62.3 Å². The van der Waals surface area contributed by atoms with E-state index in [1.807, 2.05) is 24.1 Å². The number of piperazine rings is 1. The first-order valence-electron chi connectivity index (χ1n) is 11.2. The van der Waals surface area contributed by atoms with Gasteiger partial charge in [0.15, 0.2) is 0 Å². The number of likely N-dealkylation sites (tertiary alicyclic amines) is 1. The van der Waals surface area contributed by atoms with Gasteiger partial charge in [-0.25, -0.2) is 4.39 Å². The number of halogens is 1. The molecule has 0 aliphatic carbocycles. The molecule has 0 spiro atoms. The minimum absolute atomic E-state index is 0.0153. The summed E-state index contributed by atoms with van der Waals surface area (Å²) >= 11 is 0. The molecule has 2 aliphatic rings. The van der Waals surface area contributed by atoms with Crippen LogP contribution >= 0.6 is 0 Å². The van der Waals surface area contributed by atoms with E-state index in [1.54, 1.807) is 37.3 Å². The second kappa shape index (κ2) is 9.79. The van der Waals surface area contributed by atoms with Crippen LogP contribution in [0.3, 0.4) is 0 Å². The lowest BCUT2D eigenvalue weighted by Gasteiger charge is -2.35. The highest BCUT2D eigenvalue weighted by molar-refractivity contribution is 5.95. The number of methoxy groups -OCH3 is 2. The molecule has 0 radical (unpaired) electrons. The molecule has 176 valence electrons. The van der Waals surface area contributed by atoms with Crippen molar-refractivity contribution in [2.45, 2.75) is 5.92 Å². The van der Waals surface area contributed by atoms with E-state index in [1.165, 1.54) is 12.1 Å². The Morgan fingerprint density at radius 2 is 1.67 bits per heavy atom. The second-order valence-electron chi connectivity index (χ2n) is 8.64. The minimum atomic E-state index is -0.563. The lowest BCUT2D eigenvalue weighted by molar-refractivity contribution is -0.137. The number of carbonyl (C=O) groups excluding carboxylic acids is 2. The highest BCUT2D eigenvalue weighted by Crippen LogP contribution is 2.40. The number of rotatable bonds is 5. The zero-order valence-electron chi connectivity index (χ0n) is 19.3.